The lowest BCUT2D eigenvalue weighted by molar-refractivity contribution is 0.329. The van der Waals surface area contributed by atoms with Gasteiger partial charge in [0.15, 0.2) is 0 Å². The second kappa shape index (κ2) is 6.00. The first-order valence-corrected chi connectivity index (χ1v) is 5.91. The van der Waals surface area contributed by atoms with E-state index in [1.54, 1.807) is 0 Å². The van der Waals surface area contributed by atoms with Gasteiger partial charge in [-0.3, -0.25) is 0 Å². The van der Waals surface area contributed by atoms with Crippen LogP contribution in [0.5, 0.6) is 12.0 Å². The summed E-state index contributed by atoms with van der Waals surface area (Å²) in [5, 5.41) is -0.0770. The predicted octanol–water partition coefficient (Wildman–Crippen LogP) is 2.26. The predicted molar refractivity (Wildman–Crippen MR) is 65.8 cm³/mol. The lowest BCUT2D eigenvalue weighted by Crippen LogP contribution is -2.19. The molecule has 96 valence electrons. The van der Waals surface area contributed by atoms with E-state index < -0.39 is 0 Å². The van der Waals surface area contributed by atoms with Gasteiger partial charge in [-0.25, -0.2) is 0 Å². The van der Waals surface area contributed by atoms with Crippen LogP contribution in [0.3, 0.4) is 0 Å². The molecule has 0 aliphatic carbocycles. The summed E-state index contributed by atoms with van der Waals surface area (Å²) in [6, 6.07) is 0.490. The summed E-state index contributed by atoms with van der Waals surface area (Å²) in [6.45, 7) is 6.08. The number of aromatic nitrogens is 3. The van der Waals surface area contributed by atoms with Crippen LogP contribution in [0.15, 0.2) is 0 Å². The Morgan fingerprint density at radius 3 is 1.71 bits per heavy atom. The van der Waals surface area contributed by atoms with E-state index in [0.717, 1.165) is 0 Å². The molecule has 1 rings (SSSR count). The zero-order valence-electron chi connectivity index (χ0n) is 10.8. The Morgan fingerprint density at radius 2 is 1.41 bits per heavy atom. The number of alkyl halides is 1. The lowest BCUT2D eigenvalue weighted by atomic mass is 9.92. The van der Waals surface area contributed by atoms with E-state index in [1.807, 2.05) is 6.92 Å². The second-order valence-corrected chi connectivity index (χ2v) is 4.80. The monoisotopic (exact) mass is 259 g/mol. The molecule has 0 amide bonds. The molecular formula is C11H18ClN3O2. The van der Waals surface area contributed by atoms with Crippen molar-refractivity contribution < 1.29 is 9.47 Å². The minimum absolute atomic E-state index is 0.0301. The van der Waals surface area contributed by atoms with Crippen molar-refractivity contribution in [2.75, 3.05) is 14.2 Å². The van der Waals surface area contributed by atoms with Crippen molar-refractivity contribution in [3.05, 3.63) is 5.82 Å². The zero-order chi connectivity index (χ0) is 13.0. The highest BCUT2D eigenvalue weighted by molar-refractivity contribution is 6.20. The van der Waals surface area contributed by atoms with Crippen molar-refractivity contribution in [3.63, 3.8) is 0 Å². The molecule has 0 spiro atoms. The topological polar surface area (TPSA) is 57.1 Å². The van der Waals surface area contributed by atoms with E-state index >= 15 is 0 Å². The third-order valence-electron chi connectivity index (χ3n) is 2.49. The highest BCUT2D eigenvalue weighted by atomic mass is 35.5. The van der Waals surface area contributed by atoms with E-state index in [0.29, 0.717) is 11.7 Å². The third-order valence-corrected chi connectivity index (χ3v) is 2.76. The van der Waals surface area contributed by atoms with Crippen LogP contribution in [0.4, 0.5) is 0 Å². The summed E-state index contributed by atoms with van der Waals surface area (Å²) in [5.74, 6) is 0.952. The minimum Gasteiger partial charge on any atom is -0.467 e. The number of rotatable bonds is 5. The number of nitrogens with zero attached hydrogens (tertiary/aromatic N) is 3. The Labute approximate surface area is 107 Å². The van der Waals surface area contributed by atoms with Gasteiger partial charge >= 0.3 is 12.0 Å². The lowest BCUT2D eigenvalue weighted by Gasteiger charge is -2.21. The molecule has 0 aromatic carbocycles. The molecular weight excluding hydrogens is 242 g/mol. The molecule has 0 bridgehead atoms. The van der Waals surface area contributed by atoms with Gasteiger partial charge in [0.1, 0.15) is 5.82 Å². The summed E-state index contributed by atoms with van der Waals surface area (Å²) < 4.78 is 10.0. The quantitative estimate of drug-likeness (QED) is 0.759. The van der Waals surface area contributed by atoms with Crippen LogP contribution >= 0.6 is 11.6 Å². The van der Waals surface area contributed by atoms with Gasteiger partial charge < -0.3 is 9.47 Å². The van der Waals surface area contributed by atoms with Crippen molar-refractivity contribution in [3.8, 4) is 12.0 Å². The molecule has 1 heterocycles. The minimum atomic E-state index is -0.0770. The summed E-state index contributed by atoms with van der Waals surface area (Å²) in [4.78, 5) is 12.4. The normalized spacial score (nSPS) is 14.5. The SMILES string of the molecule is COc1nc(OC)nc(C(C(C)C)C(C)Cl)n1. The van der Waals surface area contributed by atoms with Crippen molar-refractivity contribution in [2.45, 2.75) is 32.1 Å². The molecule has 0 saturated heterocycles. The van der Waals surface area contributed by atoms with Gasteiger partial charge in [-0.2, -0.15) is 9.97 Å². The standard InChI is InChI=1S/C11H18ClN3O2/c1-6(2)8(7(3)12)9-13-10(16-4)15-11(14-9)17-5/h6-8H,1-5H3. The molecule has 0 N–H and O–H groups in total. The van der Waals surface area contributed by atoms with Crippen LogP contribution in [0.25, 0.3) is 0 Å². The maximum absolute atomic E-state index is 6.18. The molecule has 17 heavy (non-hydrogen) atoms. The van der Waals surface area contributed by atoms with Gasteiger partial charge in [0, 0.05) is 11.3 Å². The Bertz CT molecular complexity index is 341. The molecule has 2 unspecified atom stereocenters. The maximum atomic E-state index is 6.18. The Kier molecular flexibility index (Phi) is 4.93. The Morgan fingerprint density at radius 1 is 0.941 bits per heavy atom. The Balaban J connectivity index is 3.17. The molecule has 1 aromatic heterocycles. The maximum Gasteiger partial charge on any atom is 0.322 e. The summed E-state index contributed by atoms with van der Waals surface area (Å²) in [7, 11) is 3.01. The van der Waals surface area contributed by atoms with Gasteiger partial charge in [-0.05, 0) is 12.8 Å². The molecule has 0 radical (unpaired) electrons. The molecule has 2 atom stereocenters. The van der Waals surface area contributed by atoms with Gasteiger partial charge in [-0.1, -0.05) is 13.8 Å². The number of hydrogen-bond acceptors (Lipinski definition) is 5. The molecule has 0 aliphatic rings. The van der Waals surface area contributed by atoms with Crippen LogP contribution in [0.1, 0.15) is 32.5 Å². The molecule has 5 nitrogen and oxygen atoms in total. The van der Waals surface area contributed by atoms with Crippen LogP contribution < -0.4 is 9.47 Å². The first kappa shape index (κ1) is 14.0. The van der Waals surface area contributed by atoms with Crippen LogP contribution in [-0.2, 0) is 0 Å². The zero-order valence-corrected chi connectivity index (χ0v) is 11.5. The van der Waals surface area contributed by atoms with Gasteiger partial charge in [0.2, 0.25) is 0 Å². The van der Waals surface area contributed by atoms with Gasteiger partial charge in [-0.15, -0.1) is 16.6 Å². The highest BCUT2D eigenvalue weighted by Gasteiger charge is 2.25. The fourth-order valence-corrected chi connectivity index (χ4v) is 2.12. The molecule has 6 heteroatoms. The number of halogens is 1. The van der Waals surface area contributed by atoms with E-state index in [9.17, 15) is 0 Å². The molecule has 0 saturated carbocycles. The van der Waals surface area contributed by atoms with Crippen molar-refractivity contribution in [1.29, 1.82) is 0 Å². The largest absolute Gasteiger partial charge is 0.467 e. The fourth-order valence-electron chi connectivity index (χ4n) is 1.72. The van der Waals surface area contributed by atoms with Crippen molar-refractivity contribution in [1.82, 2.24) is 15.0 Å². The average Bonchev–Trinajstić information content (AvgIpc) is 2.27. The summed E-state index contributed by atoms with van der Waals surface area (Å²) >= 11 is 6.18. The van der Waals surface area contributed by atoms with E-state index in [-0.39, 0.29) is 23.3 Å². The smallest absolute Gasteiger partial charge is 0.322 e. The summed E-state index contributed by atoms with van der Waals surface area (Å²) in [5.41, 5.74) is 0. The van der Waals surface area contributed by atoms with Gasteiger partial charge in [0.05, 0.1) is 14.2 Å². The van der Waals surface area contributed by atoms with Crippen molar-refractivity contribution >= 4 is 11.6 Å². The average molecular weight is 260 g/mol. The van der Waals surface area contributed by atoms with Gasteiger partial charge in [0.25, 0.3) is 0 Å². The molecule has 0 aliphatic heterocycles. The first-order chi connectivity index (χ1) is 7.99. The van der Waals surface area contributed by atoms with Crippen LogP contribution in [0.2, 0.25) is 0 Å². The molecule has 0 fully saturated rings. The van der Waals surface area contributed by atoms with Crippen molar-refractivity contribution in [2.24, 2.45) is 5.92 Å². The van der Waals surface area contributed by atoms with E-state index in [2.05, 4.69) is 28.8 Å². The van der Waals surface area contributed by atoms with E-state index in [4.69, 9.17) is 21.1 Å². The number of methoxy groups -OCH3 is 2. The first-order valence-electron chi connectivity index (χ1n) is 5.47. The second-order valence-electron chi connectivity index (χ2n) is 4.11. The van der Waals surface area contributed by atoms with Crippen LogP contribution in [0, 0.1) is 5.92 Å². The van der Waals surface area contributed by atoms with E-state index in [1.165, 1.54) is 14.2 Å². The fraction of sp³-hybridized carbons (Fsp3) is 0.727. The highest BCUT2D eigenvalue weighted by Crippen LogP contribution is 2.30. The summed E-state index contributed by atoms with van der Waals surface area (Å²) in [6.07, 6.45) is 0. The number of hydrogen-bond donors (Lipinski definition) is 0. The Hall–Kier alpha value is -1.10. The number of ether oxygens (including phenoxy) is 2. The third kappa shape index (κ3) is 3.43. The van der Waals surface area contributed by atoms with Crippen LogP contribution in [-0.4, -0.2) is 34.5 Å². The molecule has 1 aromatic rings.